The number of hydrazine groups is 1. The van der Waals surface area contributed by atoms with E-state index in [2.05, 4.69) is 39.1 Å². The molecular formula is C13H24N6O. The summed E-state index contributed by atoms with van der Waals surface area (Å²) >= 11 is 0. The maximum Gasteiger partial charge on any atom is 0.323 e. The molecule has 0 aromatic carbocycles. The van der Waals surface area contributed by atoms with Crippen molar-refractivity contribution in [1.29, 1.82) is 0 Å². The SMILES string of the molecule is CCCC(C)COc1nc(NN)nc(N2CCCC2)n1. The fourth-order valence-electron chi connectivity index (χ4n) is 2.33. The number of nitrogens with two attached hydrogens (primary N) is 1. The van der Waals surface area contributed by atoms with E-state index in [9.17, 15) is 0 Å². The van der Waals surface area contributed by atoms with E-state index in [1.54, 1.807) is 0 Å². The van der Waals surface area contributed by atoms with Gasteiger partial charge in [0.2, 0.25) is 11.9 Å². The maximum atomic E-state index is 5.68. The largest absolute Gasteiger partial charge is 0.463 e. The topological polar surface area (TPSA) is 89.2 Å². The fraction of sp³-hybridized carbons (Fsp3) is 0.769. The summed E-state index contributed by atoms with van der Waals surface area (Å²) in [7, 11) is 0. The van der Waals surface area contributed by atoms with Crippen LogP contribution < -0.4 is 20.9 Å². The second-order valence-corrected chi connectivity index (χ2v) is 5.28. The Morgan fingerprint density at radius 2 is 2.05 bits per heavy atom. The number of anilines is 2. The lowest BCUT2D eigenvalue weighted by atomic mass is 10.1. The molecule has 0 saturated carbocycles. The summed E-state index contributed by atoms with van der Waals surface area (Å²) in [6.45, 7) is 6.89. The van der Waals surface area contributed by atoms with Crippen molar-refractivity contribution >= 4 is 11.9 Å². The molecule has 1 saturated heterocycles. The molecule has 1 aromatic heterocycles. The van der Waals surface area contributed by atoms with Crippen LogP contribution in [0.4, 0.5) is 11.9 Å². The lowest BCUT2D eigenvalue weighted by molar-refractivity contribution is 0.233. The summed E-state index contributed by atoms with van der Waals surface area (Å²) in [6.07, 6.45) is 4.62. The summed E-state index contributed by atoms with van der Waals surface area (Å²) in [5, 5.41) is 0. The number of hydrogen-bond donors (Lipinski definition) is 2. The van der Waals surface area contributed by atoms with Gasteiger partial charge in [0.05, 0.1) is 6.61 Å². The Labute approximate surface area is 119 Å². The molecule has 0 aliphatic carbocycles. The van der Waals surface area contributed by atoms with Gasteiger partial charge >= 0.3 is 6.01 Å². The average Bonchev–Trinajstić information content (AvgIpc) is 2.99. The van der Waals surface area contributed by atoms with Gasteiger partial charge in [-0.3, -0.25) is 5.43 Å². The molecule has 7 heteroatoms. The lowest BCUT2D eigenvalue weighted by Crippen LogP contribution is -2.23. The normalized spacial score (nSPS) is 16.2. The molecule has 2 heterocycles. The average molecular weight is 280 g/mol. The zero-order valence-electron chi connectivity index (χ0n) is 12.3. The van der Waals surface area contributed by atoms with Crippen LogP contribution >= 0.6 is 0 Å². The van der Waals surface area contributed by atoms with Gasteiger partial charge in [-0.05, 0) is 25.2 Å². The predicted octanol–water partition coefficient (Wildman–Crippen LogP) is 1.57. The van der Waals surface area contributed by atoms with Crippen LogP contribution in [0.3, 0.4) is 0 Å². The van der Waals surface area contributed by atoms with E-state index in [-0.39, 0.29) is 0 Å². The monoisotopic (exact) mass is 280 g/mol. The highest BCUT2D eigenvalue weighted by Gasteiger charge is 2.18. The molecule has 1 aliphatic heterocycles. The molecule has 1 aliphatic rings. The first-order valence-corrected chi connectivity index (χ1v) is 7.33. The highest BCUT2D eigenvalue weighted by atomic mass is 16.5. The standard InChI is InChI=1S/C13H24N6O/c1-3-6-10(2)9-20-13-16-11(18-14)15-12(17-13)19-7-4-5-8-19/h10H,3-9,14H2,1-2H3,(H,15,16,17,18). The third-order valence-electron chi connectivity index (χ3n) is 3.40. The highest BCUT2D eigenvalue weighted by molar-refractivity contribution is 5.38. The van der Waals surface area contributed by atoms with E-state index in [1.165, 1.54) is 12.8 Å². The molecule has 0 bridgehead atoms. The number of nitrogens with zero attached hydrogens (tertiary/aromatic N) is 4. The van der Waals surface area contributed by atoms with Crippen molar-refractivity contribution in [2.45, 2.75) is 39.5 Å². The molecule has 2 rings (SSSR count). The summed E-state index contributed by atoms with van der Waals surface area (Å²) in [6, 6.07) is 0.345. The minimum atomic E-state index is 0.345. The quantitative estimate of drug-likeness (QED) is 0.579. The second-order valence-electron chi connectivity index (χ2n) is 5.28. The van der Waals surface area contributed by atoms with Crippen LogP contribution in [0, 0.1) is 5.92 Å². The minimum absolute atomic E-state index is 0.345. The smallest absolute Gasteiger partial charge is 0.323 e. The van der Waals surface area contributed by atoms with Crippen LogP contribution in [0.15, 0.2) is 0 Å². The van der Waals surface area contributed by atoms with Crippen LogP contribution in [-0.2, 0) is 0 Å². The number of nitrogens with one attached hydrogen (secondary N) is 1. The van der Waals surface area contributed by atoms with Crippen molar-refractivity contribution in [3.63, 3.8) is 0 Å². The molecule has 1 fully saturated rings. The molecule has 0 spiro atoms. The van der Waals surface area contributed by atoms with Crippen molar-refractivity contribution in [3.8, 4) is 6.01 Å². The summed E-state index contributed by atoms with van der Waals surface area (Å²) in [4.78, 5) is 14.9. The van der Waals surface area contributed by atoms with Gasteiger partial charge in [-0.15, -0.1) is 0 Å². The third kappa shape index (κ3) is 3.93. The van der Waals surface area contributed by atoms with E-state index in [1.807, 2.05) is 0 Å². The van der Waals surface area contributed by atoms with Crippen molar-refractivity contribution in [2.75, 3.05) is 30.0 Å². The molecular weight excluding hydrogens is 256 g/mol. The maximum absolute atomic E-state index is 5.68. The highest BCUT2D eigenvalue weighted by Crippen LogP contribution is 2.19. The first-order chi connectivity index (χ1) is 9.72. The van der Waals surface area contributed by atoms with Gasteiger partial charge in [-0.1, -0.05) is 20.3 Å². The van der Waals surface area contributed by atoms with Crippen molar-refractivity contribution < 1.29 is 4.74 Å². The zero-order valence-corrected chi connectivity index (χ0v) is 12.3. The summed E-state index contributed by atoms with van der Waals surface area (Å²) in [5.41, 5.74) is 2.48. The number of rotatable bonds is 7. The van der Waals surface area contributed by atoms with Gasteiger partial charge < -0.3 is 9.64 Å². The van der Waals surface area contributed by atoms with E-state index >= 15 is 0 Å². The van der Waals surface area contributed by atoms with Gasteiger partial charge in [0.15, 0.2) is 0 Å². The molecule has 3 N–H and O–H groups in total. The lowest BCUT2D eigenvalue weighted by Gasteiger charge is -2.17. The fourth-order valence-corrected chi connectivity index (χ4v) is 2.33. The molecule has 0 radical (unpaired) electrons. The Morgan fingerprint density at radius 1 is 1.30 bits per heavy atom. The van der Waals surface area contributed by atoms with Crippen molar-refractivity contribution in [2.24, 2.45) is 11.8 Å². The Hall–Kier alpha value is -1.63. The van der Waals surface area contributed by atoms with Crippen molar-refractivity contribution in [1.82, 2.24) is 15.0 Å². The predicted molar refractivity (Wildman–Crippen MR) is 78.7 cm³/mol. The number of hydrogen-bond acceptors (Lipinski definition) is 7. The van der Waals surface area contributed by atoms with Gasteiger partial charge in [0.25, 0.3) is 0 Å². The number of nitrogen functional groups attached to an aromatic ring is 1. The van der Waals surface area contributed by atoms with E-state index < -0.39 is 0 Å². The third-order valence-corrected chi connectivity index (χ3v) is 3.40. The van der Waals surface area contributed by atoms with Crippen LogP contribution in [0.1, 0.15) is 39.5 Å². The van der Waals surface area contributed by atoms with Gasteiger partial charge in [-0.2, -0.15) is 15.0 Å². The Bertz CT molecular complexity index is 421. The Balaban J connectivity index is 2.05. The molecule has 1 aromatic rings. The van der Waals surface area contributed by atoms with Crippen LogP contribution in [0.2, 0.25) is 0 Å². The van der Waals surface area contributed by atoms with Gasteiger partial charge in [0.1, 0.15) is 0 Å². The Morgan fingerprint density at radius 3 is 2.70 bits per heavy atom. The van der Waals surface area contributed by atoms with E-state index in [4.69, 9.17) is 10.6 Å². The van der Waals surface area contributed by atoms with E-state index in [0.717, 1.165) is 25.9 Å². The van der Waals surface area contributed by atoms with Crippen molar-refractivity contribution in [3.05, 3.63) is 0 Å². The second kappa shape index (κ2) is 7.23. The van der Waals surface area contributed by atoms with Crippen LogP contribution in [-0.4, -0.2) is 34.6 Å². The van der Waals surface area contributed by atoms with E-state index in [0.29, 0.717) is 30.4 Å². The molecule has 20 heavy (non-hydrogen) atoms. The first-order valence-electron chi connectivity index (χ1n) is 7.33. The first kappa shape index (κ1) is 14.8. The zero-order chi connectivity index (χ0) is 14.4. The number of ether oxygens (including phenoxy) is 1. The summed E-state index contributed by atoms with van der Waals surface area (Å²) in [5.74, 6) is 6.89. The molecule has 1 atom stereocenters. The minimum Gasteiger partial charge on any atom is -0.463 e. The Kier molecular flexibility index (Phi) is 5.34. The molecule has 112 valence electrons. The molecule has 7 nitrogen and oxygen atoms in total. The van der Waals surface area contributed by atoms with Gasteiger partial charge in [-0.25, -0.2) is 5.84 Å². The number of aromatic nitrogens is 3. The molecule has 1 unspecified atom stereocenters. The molecule has 0 amide bonds. The van der Waals surface area contributed by atoms with Gasteiger partial charge in [0, 0.05) is 13.1 Å². The van der Waals surface area contributed by atoms with Crippen LogP contribution in [0.25, 0.3) is 0 Å². The summed E-state index contributed by atoms with van der Waals surface area (Å²) < 4.78 is 5.68. The van der Waals surface area contributed by atoms with Crippen LogP contribution in [0.5, 0.6) is 6.01 Å².